The number of furan rings is 1. The van der Waals surface area contributed by atoms with E-state index in [0.717, 1.165) is 0 Å². The van der Waals surface area contributed by atoms with Gasteiger partial charge in [0.1, 0.15) is 23.5 Å². The van der Waals surface area contributed by atoms with Crippen LogP contribution in [0.3, 0.4) is 0 Å². The number of nitrogens with zero attached hydrogens (tertiary/aromatic N) is 2. The quantitative estimate of drug-likeness (QED) is 0.275. The summed E-state index contributed by atoms with van der Waals surface area (Å²) in [7, 11) is 0. The van der Waals surface area contributed by atoms with E-state index in [-0.39, 0.29) is 30.3 Å². The van der Waals surface area contributed by atoms with E-state index in [1.807, 2.05) is 24.3 Å². The molecule has 0 radical (unpaired) electrons. The third-order valence-corrected chi connectivity index (χ3v) is 9.50. The number of anilines is 1. The maximum absolute atomic E-state index is 14.9. The lowest BCUT2D eigenvalue weighted by molar-refractivity contribution is -0.173. The highest BCUT2D eigenvalue weighted by Crippen LogP contribution is 2.64. The fourth-order valence-corrected chi connectivity index (χ4v) is 7.85. The number of carbonyl (C=O) groups is 4. The van der Waals surface area contributed by atoms with Gasteiger partial charge in [-0.3, -0.25) is 24.4 Å². The lowest BCUT2D eigenvalue weighted by Gasteiger charge is -2.49. The second kappa shape index (κ2) is 9.24. The molecule has 1 aromatic heterocycles. The smallest absolute Gasteiger partial charge is 0.257 e. The van der Waals surface area contributed by atoms with E-state index in [2.05, 4.69) is 0 Å². The fourth-order valence-electron chi connectivity index (χ4n) is 7.67. The minimum atomic E-state index is -1.45. The summed E-state index contributed by atoms with van der Waals surface area (Å²) in [5.41, 5.74) is 0.190. The van der Waals surface area contributed by atoms with Crippen molar-refractivity contribution in [3.8, 4) is 0 Å². The molecular formula is C31H25ClN2O7. The Morgan fingerprint density at radius 2 is 1.71 bits per heavy atom. The van der Waals surface area contributed by atoms with Gasteiger partial charge in [0.2, 0.25) is 11.8 Å². The lowest BCUT2D eigenvalue weighted by Crippen LogP contribution is -2.53. The Balaban J connectivity index is 1.50. The fraction of sp³-hybridized carbons (Fsp3) is 0.290. The SMILES string of the molecule is O=C1C2CC=C3C(CC4C(=O)N(c5cccc(Cl)c5)C(=O)C4(c4ccccc4)C3c3ccc(CO)o3)C2C(=O)N1O. The average Bonchev–Trinajstić information content (AvgIpc) is 3.61. The monoisotopic (exact) mass is 572 g/mol. The van der Waals surface area contributed by atoms with Gasteiger partial charge in [-0.15, -0.1) is 0 Å². The molecule has 6 atom stereocenters. The number of hydrogen-bond acceptors (Lipinski definition) is 7. The maximum atomic E-state index is 14.9. The van der Waals surface area contributed by atoms with E-state index in [1.165, 1.54) is 4.90 Å². The molecule has 7 rings (SSSR count). The van der Waals surface area contributed by atoms with Crippen molar-refractivity contribution in [3.63, 3.8) is 0 Å². The zero-order valence-corrected chi connectivity index (χ0v) is 22.4. The van der Waals surface area contributed by atoms with Crippen molar-refractivity contribution in [3.05, 3.63) is 100 Å². The van der Waals surface area contributed by atoms with Gasteiger partial charge in [-0.2, -0.15) is 5.06 Å². The predicted molar refractivity (Wildman–Crippen MR) is 144 cm³/mol. The molecule has 2 aliphatic heterocycles. The van der Waals surface area contributed by atoms with Crippen molar-refractivity contribution < 1.29 is 33.9 Å². The summed E-state index contributed by atoms with van der Waals surface area (Å²) in [4.78, 5) is 56.4. The summed E-state index contributed by atoms with van der Waals surface area (Å²) in [6.07, 6.45) is 2.17. The first-order valence-electron chi connectivity index (χ1n) is 13.4. The molecule has 6 unspecified atom stereocenters. The largest absolute Gasteiger partial charge is 0.463 e. The molecule has 0 bridgehead atoms. The summed E-state index contributed by atoms with van der Waals surface area (Å²) in [5, 5.41) is 20.6. The summed E-state index contributed by atoms with van der Waals surface area (Å²) in [6.45, 7) is -0.365. The van der Waals surface area contributed by atoms with Crippen LogP contribution >= 0.6 is 11.6 Å². The standard InChI is InChI=1S/C31H25ClN2O7/c32-17-7-4-8-18(13-17)33-28(37)23-14-22-20(10-11-21-25(22)29(38)34(40)27(21)36)26(24-12-9-19(15-35)41-24)31(23,30(33)39)16-5-2-1-3-6-16/h1-10,12-13,21-23,25-26,35,40H,11,14-15H2. The van der Waals surface area contributed by atoms with Crippen molar-refractivity contribution in [2.24, 2.45) is 23.7 Å². The highest BCUT2D eigenvalue weighted by atomic mass is 35.5. The van der Waals surface area contributed by atoms with Crippen LogP contribution in [-0.4, -0.2) is 39.0 Å². The summed E-state index contributed by atoms with van der Waals surface area (Å²) >= 11 is 6.28. The summed E-state index contributed by atoms with van der Waals surface area (Å²) in [5.74, 6) is -5.61. The van der Waals surface area contributed by atoms with E-state index in [1.54, 1.807) is 48.5 Å². The molecule has 208 valence electrons. The van der Waals surface area contributed by atoms with Gasteiger partial charge in [-0.1, -0.05) is 59.6 Å². The van der Waals surface area contributed by atoms with Crippen LogP contribution in [0.2, 0.25) is 5.02 Å². The van der Waals surface area contributed by atoms with E-state index < -0.39 is 58.6 Å². The molecule has 10 heteroatoms. The molecule has 1 saturated carbocycles. The van der Waals surface area contributed by atoms with Gasteiger partial charge in [0, 0.05) is 5.02 Å². The molecule has 2 saturated heterocycles. The zero-order chi connectivity index (χ0) is 28.6. The van der Waals surface area contributed by atoms with E-state index in [4.69, 9.17) is 16.0 Å². The summed E-state index contributed by atoms with van der Waals surface area (Å²) in [6, 6.07) is 18.9. The minimum Gasteiger partial charge on any atom is -0.463 e. The highest BCUT2D eigenvalue weighted by molar-refractivity contribution is 6.32. The topological polar surface area (TPSA) is 128 Å². The van der Waals surface area contributed by atoms with Crippen LogP contribution in [0.1, 0.15) is 35.8 Å². The number of hydrogen-bond donors (Lipinski definition) is 2. The number of allylic oxidation sites excluding steroid dienone is 2. The minimum absolute atomic E-state index is 0.112. The molecule has 2 N–H and O–H groups in total. The van der Waals surface area contributed by atoms with E-state index in [0.29, 0.717) is 27.6 Å². The number of fused-ring (bicyclic) bond motifs is 4. The summed E-state index contributed by atoms with van der Waals surface area (Å²) < 4.78 is 6.09. The predicted octanol–water partition coefficient (Wildman–Crippen LogP) is 3.98. The number of aliphatic hydroxyl groups is 1. The third kappa shape index (κ3) is 3.43. The highest BCUT2D eigenvalue weighted by Gasteiger charge is 2.71. The van der Waals surface area contributed by atoms with Gasteiger partial charge >= 0.3 is 0 Å². The van der Waals surface area contributed by atoms with Crippen LogP contribution < -0.4 is 4.90 Å². The van der Waals surface area contributed by atoms with Gasteiger partial charge in [0.25, 0.3) is 11.8 Å². The number of rotatable bonds is 4. The van der Waals surface area contributed by atoms with Gasteiger partial charge in [-0.25, -0.2) is 4.90 Å². The number of aliphatic hydroxyl groups excluding tert-OH is 1. The second-order valence-corrected chi connectivity index (χ2v) is 11.5. The Bertz CT molecular complexity index is 1650. The van der Waals surface area contributed by atoms with Gasteiger partial charge in [0.15, 0.2) is 0 Å². The number of hydroxylamine groups is 2. The molecule has 0 spiro atoms. The molecule has 4 amide bonds. The van der Waals surface area contributed by atoms with Gasteiger partial charge < -0.3 is 9.52 Å². The molecule has 41 heavy (non-hydrogen) atoms. The Labute approximate surface area is 239 Å². The van der Waals surface area contributed by atoms with Crippen LogP contribution in [0.25, 0.3) is 0 Å². The first-order valence-corrected chi connectivity index (χ1v) is 13.8. The molecular weight excluding hydrogens is 548 g/mol. The lowest BCUT2D eigenvalue weighted by atomic mass is 9.50. The Kier molecular flexibility index (Phi) is 5.83. The first kappa shape index (κ1) is 25.9. The maximum Gasteiger partial charge on any atom is 0.257 e. The first-order chi connectivity index (χ1) is 19.8. The number of imide groups is 2. The Morgan fingerprint density at radius 3 is 2.41 bits per heavy atom. The molecule has 3 aromatic rings. The normalized spacial score (nSPS) is 30.8. The van der Waals surface area contributed by atoms with Gasteiger partial charge in [0.05, 0.1) is 29.4 Å². The van der Waals surface area contributed by atoms with Crippen LogP contribution in [0.4, 0.5) is 5.69 Å². The number of halogens is 1. The number of amides is 4. The Morgan fingerprint density at radius 1 is 0.927 bits per heavy atom. The number of carbonyl (C=O) groups excluding carboxylic acids is 4. The van der Waals surface area contributed by atoms with Gasteiger partial charge in [-0.05, 0) is 54.7 Å². The van der Waals surface area contributed by atoms with Crippen molar-refractivity contribution >= 4 is 40.9 Å². The van der Waals surface area contributed by atoms with Crippen molar-refractivity contribution in [1.29, 1.82) is 0 Å². The third-order valence-electron chi connectivity index (χ3n) is 9.27. The zero-order valence-electron chi connectivity index (χ0n) is 21.6. The van der Waals surface area contributed by atoms with Crippen LogP contribution in [-0.2, 0) is 31.2 Å². The molecule has 4 aliphatic rings. The van der Waals surface area contributed by atoms with Crippen LogP contribution in [0, 0.1) is 23.7 Å². The molecule has 3 heterocycles. The van der Waals surface area contributed by atoms with Crippen molar-refractivity contribution in [2.75, 3.05) is 4.90 Å². The average molecular weight is 573 g/mol. The van der Waals surface area contributed by atoms with E-state index in [9.17, 15) is 29.5 Å². The molecule has 2 aromatic carbocycles. The number of benzene rings is 2. The van der Waals surface area contributed by atoms with Crippen molar-refractivity contribution in [1.82, 2.24) is 5.06 Å². The molecule has 9 nitrogen and oxygen atoms in total. The van der Waals surface area contributed by atoms with E-state index >= 15 is 0 Å². The molecule has 2 aliphatic carbocycles. The Hall–Kier alpha value is -4.05. The van der Waals surface area contributed by atoms with Crippen LogP contribution in [0.5, 0.6) is 0 Å². The van der Waals surface area contributed by atoms with Crippen LogP contribution in [0.15, 0.2) is 82.8 Å². The second-order valence-electron chi connectivity index (χ2n) is 11.0. The molecule has 3 fully saturated rings. The van der Waals surface area contributed by atoms with Crippen molar-refractivity contribution in [2.45, 2.75) is 30.8 Å².